The van der Waals surface area contributed by atoms with Crippen molar-refractivity contribution < 1.29 is 19.3 Å². The zero-order valence-corrected chi connectivity index (χ0v) is 23.3. The second-order valence-corrected chi connectivity index (χ2v) is 11.5. The van der Waals surface area contributed by atoms with Gasteiger partial charge in [-0.1, -0.05) is 83.9 Å². The lowest BCUT2D eigenvalue weighted by Crippen LogP contribution is -2.50. The molecule has 0 unspecified atom stereocenters. The molecule has 2 bridgehead atoms. The maximum atomic E-state index is 14.4. The van der Waals surface area contributed by atoms with Gasteiger partial charge in [0, 0.05) is 22.9 Å². The highest BCUT2D eigenvalue weighted by Gasteiger charge is 2.63. The average molecular weight is 598 g/mol. The number of carbonyl (C=O) groups excluding carboxylic acids is 3. The Balaban J connectivity index is 1.38. The molecule has 10 heteroatoms. The first-order chi connectivity index (χ1) is 20.3. The van der Waals surface area contributed by atoms with E-state index in [1.807, 2.05) is 48.5 Å². The number of hydrogen-bond acceptors (Lipinski definition) is 5. The van der Waals surface area contributed by atoms with Crippen LogP contribution >= 0.6 is 23.2 Å². The van der Waals surface area contributed by atoms with Gasteiger partial charge in [-0.2, -0.15) is 5.01 Å². The molecular formula is C32H21Cl2N3O5. The average Bonchev–Trinajstić information content (AvgIpc) is 3.26. The van der Waals surface area contributed by atoms with E-state index in [4.69, 9.17) is 23.2 Å². The lowest BCUT2D eigenvalue weighted by atomic mass is 9.55. The molecule has 1 heterocycles. The molecule has 1 saturated heterocycles. The van der Waals surface area contributed by atoms with Gasteiger partial charge in [0.25, 0.3) is 23.4 Å². The molecule has 4 aromatic rings. The summed E-state index contributed by atoms with van der Waals surface area (Å²) in [6.45, 7) is -0.427. The minimum atomic E-state index is -0.742. The summed E-state index contributed by atoms with van der Waals surface area (Å²) < 4.78 is 0. The SMILES string of the molecule is O=C(c1ccccc1Cl)N(Cc1ccc(Cl)cc1[N+](=O)[O-])N1C(=O)[C@@H]2C3c4ccccc4C(c4ccccc43)[C@H]2C1=O. The second-order valence-electron chi connectivity index (χ2n) is 10.6. The van der Waals surface area contributed by atoms with Crippen molar-refractivity contribution in [2.45, 2.75) is 18.4 Å². The fraction of sp³-hybridized carbons (Fsp3) is 0.156. The van der Waals surface area contributed by atoms with Crippen LogP contribution in [0.4, 0.5) is 5.69 Å². The van der Waals surface area contributed by atoms with E-state index in [0.29, 0.717) is 0 Å². The molecule has 42 heavy (non-hydrogen) atoms. The zero-order chi connectivity index (χ0) is 29.3. The summed E-state index contributed by atoms with van der Waals surface area (Å²) in [5.41, 5.74) is 3.78. The van der Waals surface area contributed by atoms with Gasteiger partial charge in [0.05, 0.1) is 39.5 Å². The molecule has 3 amide bonds. The van der Waals surface area contributed by atoms with Crippen LogP contribution in [0.5, 0.6) is 0 Å². The van der Waals surface area contributed by atoms with Gasteiger partial charge in [0.15, 0.2) is 0 Å². The molecule has 0 radical (unpaired) electrons. The fourth-order valence-electron chi connectivity index (χ4n) is 6.91. The summed E-state index contributed by atoms with van der Waals surface area (Å²) in [7, 11) is 0. The van der Waals surface area contributed by atoms with Crippen molar-refractivity contribution >= 4 is 46.6 Å². The van der Waals surface area contributed by atoms with Gasteiger partial charge in [-0.3, -0.25) is 24.5 Å². The number of halogens is 2. The molecule has 8 nitrogen and oxygen atoms in total. The van der Waals surface area contributed by atoms with Gasteiger partial charge in [-0.15, -0.1) is 0 Å². The molecule has 3 aliphatic carbocycles. The maximum Gasteiger partial charge on any atom is 0.275 e. The quantitative estimate of drug-likeness (QED) is 0.151. The summed E-state index contributed by atoms with van der Waals surface area (Å²) in [5, 5.41) is 14.1. The lowest BCUT2D eigenvalue weighted by molar-refractivity contribution is -0.385. The number of rotatable bonds is 5. The van der Waals surface area contributed by atoms with Crippen LogP contribution in [0.2, 0.25) is 10.0 Å². The predicted octanol–water partition coefficient (Wildman–Crippen LogP) is 6.35. The number of hydrogen-bond donors (Lipinski definition) is 0. The summed E-state index contributed by atoms with van der Waals surface area (Å²) in [6, 6.07) is 26.0. The van der Waals surface area contributed by atoms with E-state index in [1.165, 1.54) is 30.3 Å². The van der Waals surface area contributed by atoms with Gasteiger partial charge < -0.3 is 0 Å². The van der Waals surface area contributed by atoms with Crippen LogP contribution in [0.1, 0.15) is 50.0 Å². The van der Waals surface area contributed by atoms with Crippen molar-refractivity contribution in [2.75, 3.05) is 0 Å². The smallest absolute Gasteiger partial charge is 0.272 e. The van der Waals surface area contributed by atoms with Crippen LogP contribution in [-0.4, -0.2) is 32.7 Å². The molecule has 2 atom stereocenters. The van der Waals surface area contributed by atoms with Gasteiger partial charge >= 0.3 is 0 Å². The summed E-state index contributed by atoms with van der Waals surface area (Å²) in [5.74, 6) is -4.02. The summed E-state index contributed by atoms with van der Waals surface area (Å²) in [6.07, 6.45) is 0. The number of imide groups is 1. The fourth-order valence-corrected chi connectivity index (χ4v) is 7.29. The van der Waals surface area contributed by atoms with E-state index in [2.05, 4.69) is 0 Å². The summed E-state index contributed by atoms with van der Waals surface area (Å²) in [4.78, 5) is 54.2. The van der Waals surface area contributed by atoms with Crippen LogP contribution in [0.3, 0.4) is 0 Å². The molecule has 208 valence electrons. The molecular weight excluding hydrogens is 577 g/mol. The van der Waals surface area contributed by atoms with Crippen LogP contribution in [0, 0.1) is 22.0 Å². The molecule has 1 fully saturated rings. The van der Waals surface area contributed by atoms with Gasteiger partial charge in [0.2, 0.25) is 0 Å². The zero-order valence-electron chi connectivity index (χ0n) is 21.8. The molecule has 4 aromatic carbocycles. The van der Waals surface area contributed by atoms with Gasteiger partial charge in [-0.05, 0) is 46.5 Å². The van der Waals surface area contributed by atoms with Gasteiger partial charge in [-0.25, -0.2) is 5.01 Å². The molecule has 0 aromatic heterocycles. The van der Waals surface area contributed by atoms with Crippen molar-refractivity contribution in [2.24, 2.45) is 11.8 Å². The van der Waals surface area contributed by atoms with E-state index in [0.717, 1.165) is 32.3 Å². The highest BCUT2D eigenvalue weighted by molar-refractivity contribution is 6.34. The Labute approximate surface area is 250 Å². The highest BCUT2D eigenvalue weighted by atomic mass is 35.5. The number of nitro benzene ring substituents is 1. The molecule has 0 spiro atoms. The van der Waals surface area contributed by atoms with Crippen molar-refractivity contribution in [1.82, 2.24) is 10.0 Å². The first kappa shape index (κ1) is 26.4. The van der Waals surface area contributed by atoms with Crippen molar-refractivity contribution in [3.05, 3.63) is 145 Å². The Morgan fingerprint density at radius 3 is 1.79 bits per heavy atom. The number of carbonyl (C=O) groups is 3. The Kier molecular flexibility index (Phi) is 6.15. The monoisotopic (exact) mass is 597 g/mol. The number of hydrazine groups is 1. The maximum absolute atomic E-state index is 14.4. The largest absolute Gasteiger partial charge is 0.275 e. The molecule has 1 aliphatic heterocycles. The Bertz CT molecular complexity index is 1730. The third-order valence-electron chi connectivity index (χ3n) is 8.57. The standard InChI is InChI=1S/C32H21Cl2N3O5/c33-18-14-13-17(25(15-18)37(41)42)16-35(30(38)23-11-5-6-12-24(23)34)36-31(39)28-26-19-7-1-2-8-20(19)27(29(28)32(36)40)22-10-4-3-9-21(22)26/h1-15,26-29H,16H2/t26?,27?,28-,29-/m1/s1. The number of amides is 3. The van der Waals surface area contributed by atoms with Crippen LogP contribution in [-0.2, 0) is 16.1 Å². The minimum absolute atomic E-state index is 0.0563. The topological polar surface area (TPSA) is 101 Å². The van der Waals surface area contributed by atoms with E-state index in [9.17, 15) is 24.5 Å². The van der Waals surface area contributed by atoms with Crippen LogP contribution < -0.4 is 0 Å². The number of benzene rings is 4. The van der Waals surface area contributed by atoms with E-state index >= 15 is 0 Å². The predicted molar refractivity (Wildman–Crippen MR) is 155 cm³/mol. The van der Waals surface area contributed by atoms with E-state index < -0.39 is 41.0 Å². The normalized spacial score (nSPS) is 21.5. The molecule has 0 saturated carbocycles. The molecule has 8 rings (SSSR count). The lowest BCUT2D eigenvalue weighted by Gasteiger charge is -2.45. The third kappa shape index (κ3) is 3.79. The second kappa shape index (κ2) is 9.79. The Morgan fingerprint density at radius 1 is 0.786 bits per heavy atom. The van der Waals surface area contributed by atoms with E-state index in [1.54, 1.807) is 12.1 Å². The Hall–Kier alpha value is -4.53. The summed E-state index contributed by atoms with van der Waals surface area (Å²) >= 11 is 12.4. The molecule has 0 N–H and O–H groups in total. The third-order valence-corrected chi connectivity index (χ3v) is 9.13. The van der Waals surface area contributed by atoms with Crippen LogP contribution in [0.25, 0.3) is 0 Å². The first-order valence-corrected chi connectivity index (χ1v) is 14.1. The van der Waals surface area contributed by atoms with Crippen LogP contribution in [0.15, 0.2) is 91.0 Å². The Morgan fingerprint density at radius 2 is 1.29 bits per heavy atom. The van der Waals surface area contributed by atoms with Gasteiger partial charge in [0.1, 0.15) is 0 Å². The first-order valence-electron chi connectivity index (χ1n) is 13.3. The van der Waals surface area contributed by atoms with Crippen molar-refractivity contribution in [3.8, 4) is 0 Å². The molecule has 4 aliphatic rings. The highest BCUT2D eigenvalue weighted by Crippen LogP contribution is 2.61. The number of nitro groups is 1. The van der Waals surface area contributed by atoms with Crippen molar-refractivity contribution in [1.29, 1.82) is 0 Å². The minimum Gasteiger partial charge on any atom is -0.272 e. The van der Waals surface area contributed by atoms with Crippen molar-refractivity contribution in [3.63, 3.8) is 0 Å². The van der Waals surface area contributed by atoms with E-state index in [-0.39, 0.29) is 38.7 Å². The number of nitrogens with zero attached hydrogens (tertiary/aromatic N) is 3.